The standard InChI is InChI=1S/C29H40N5O5PSi/c1-8-22-24(38-40(5)36-18-12-15-30)25(39-41(6,7)29(2,3)4)23(37-22)21-19-32-27-26(31-16-17-34(21)27)33-28(35)20-13-10-9-11-14-20/h9-11,13-14,16-17,19,22-25H,8,12,18H2,1-7H3,(H,31,33,35)/t22-,23+,24+,25?,40?/m1/s1. The number of nitrogens with one attached hydrogen (secondary N) is 1. The summed E-state index contributed by atoms with van der Waals surface area (Å²) in [5.74, 6) is 0.0921. The van der Waals surface area contributed by atoms with E-state index in [1.54, 1.807) is 24.5 Å². The fourth-order valence-corrected chi connectivity index (χ4v) is 6.79. The van der Waals surface area contributed by atoms with Gasteiger partial charge in [0.1, 0.15) is 18.3 Å². The number of amides is 1. The molecule has 1 saturated heterocycles. The average molecular weight is 598 g/mol. The number of aromatic nitrogens is 3. The van der Waals surface area contributed by atoms with E-state index in [1.807, 2.05) is 35.5 Å². The van der Waals surface area contributed by atoms with E-state index in [0.29, 0.717) is 30.1 Å². The summed E-state index contributed by atoms with van der Waals surface area (Å²) in [4.78, 5) is 21.9. The minimum atomic E-state index is -2.26. The molecule has 4 rings (SSSR count). The van der Waals surface area contributed by atoms with Crippen LogP contribution in [0.3, 0.4) is 0 Å². The van der Waals surface area contributed by atoms with Crippen molar-refractivity contribution >= 4 is 34.1 Å². The minimum absolute atomic E-state index is 0.0368. The van der Waals surface area contributed by atoms with Crippen LogP contribution in [0.15, 0.2) is 48.9 Å². The highest BCUT2D eigenvalue weighted by atomic mass is 31.2. The lowest BCUT2D eigenvalue weighted by molar-refractivity contribution is 0.00588. The molecule has 1 fully saturated rings. The molecule has 1 amide bonds. The van der Waals surface area contributed by atoms with E-state index >= 15 is 0 Å². The van der Waals surface area contributed by atoms with Crippen molar-refractivity contribution in [3.63, 3.8) is 0 Å². The van der Waals surface area contributed by atoms with Gasteiger partial charge in [-0.2, -0.15) is 5.26 Å². The number of nitrogens with zero attached hydrogens (tertiary/aromatic N) is 4. The number of hydrogen-bond donors (Lipinski definition) is 1. The van der Waals surface area contributed by atoms with E-state index in [-0.39, 0.29) is 23.2 Å². The van der Waals surface area contributed by atoms with Crippen LogP contribution in [0.25, 0.3) is 5.65 Å². The van der Waals surface area contributed by atoms with Crippen LogP contribution in [0, 0.1) is 11.3 Å². The monoisotopic (exact) mass is 597 g/mol. The van der Waals surface area contributed by atoms with E-state index in [0.717, 1.165) is 12.1 Å². The molecule has 1 aliphatic heterocycles. The number of imidazole rings is 1. The van der Waals surface area contributed by atoms with Crippen LogP contribution in [0.4, 0.5) is 5.82 Å². The number of hydrogen-bond acceptors (Lipinski definition) is 8. The Balaban J connectivity index is 1.69. The van der Waals surface area contributed by atoms with Crippen molar-refractivity contribution in [1.29, 1.82) is 5.26 Å². The average Bonchev–Trinajstić information content (AvgIpc) is 3.50. The van der Waals surface area contributed by atoms with Crippen LogP contribution in [-0.4, -0.2) is 60.2 Å². The maximum Gasteiger partial charge on any atom is 0.256 e. The summed E-state index contributed by atoms with van der Waals surface area (Å²) in [7, 11) is -3.52. The molecule has 220 valence electrons. The highest BCUT2D eigenvalue weighted by molar-refractivity contribution is 7.46. The molecule has 2 aromatic heterocycles. The summed E-state index contributed by atoms with van der Waals surface area (Å²) in [6.45, 7) is 15.3. The van der Waals surface area contributed by atoms with Gasteiger partial charge in [-0.05, 0) is 36.7 Å². The number of rotatable bonds is 11. The predicted molar refractivity (Wildman–Crippen MR) is 161 cm³/mol. The van der Waals surface area contributed by atoms with Gasteiger partial charge in [0, 0.05) is 24.6 Å². The maximum atomic E-state index is 12.9. The first-order chi connectivity index (χ1) is 19.5. The Bertz CT molecular complexity index is 1370. The second kappa shape index (κ2) is 13.1. The van der Waals surface area contributed by atoms with Gasteiger partial charge in [0.05, 0.1) is 37.1 Å². The number of carbonyl (C=O) groups is 1. The van der Waals surface area contributed by atoms with E-state index in [4.69, 9.17) is 23.5 Å². The molecule has 0 radical (unpaired) electrons. The van der Waals surface area contributed by atoms with Gasteiger partial charge in [-0.3, -0.25) is 9.20 Å². The van der Waals surface area contributed by atoms with Crippen LogP contribution in [0.1, 0.15) is 62.7 Å². The van der Waals surface area contributed by atoms with Gasteiger partial charge in [0.2, 0.25) is 0 Å². The van der Waals surface area contributed by atoms with Gasteiger partial charge in [0.25, 0.3) is 5.91 Å². The van der Waals surface area contributed by atoms with E-state index in [1.165, 1.54) is 0 Å². The lowest BCUT2D eigenvalue weighted by Gasteiger charge is -2.40. The Morgan fingerprint density at radius 1 is 1.22 bits per heavy atom. The molecule has 3 heterocycles. The van der Waals surface area contributed by atoms with Crippen LogP contribution >= 0.6 is 8.38 Å². The Labute approximate surface area is 244 Å². The quantitative estimate of drug-likeness (QED) is 0.152. The summed E-state index contributed by atoms with van der Waals surface area (Å²) in [6, 6.07) is 11.1. The van der Waals surface area contributed by atoms with Crippen LogP contribution in [0.5, 0.6) is 0 Å². The molecular weight excluding hydrogens is 557 g/mol. The molecule has 10 nitrogen and oxygen atoms in total. The van der Waals surface area contributed by atoms with Crippen LogP contribution < -0.4 is 5.32 Å². The highest BCUT2D eigenvalue weighted by Gasteiger charge is 2.52. The van der Waals surface area contributed by atoms with Gasteiger partial charge < -0.3 is 23.5 Å². The second-order valence-electron chi connectivity index (χ2n) is 11.6. The summed E-state index contributed by atoms with van der Waals surface area (Å²) in [6.07, 6.45) is 4.74. The SMILES string of the molecule is CC[C@H]1O[C@@H](c2cnc3c(NC(=O)c4ccccc4)nccn23)C(O[Si](C)(C)C(C)(C)C)[C@H]1OP(C)OCCC#N. The van der Waals surface area contributed by atoms with Crippen LogP contribution in [0.2, 0.25) is 18.1 Å². The van der Waals surface area contributed by atoms with Crippen LogP contribution in [-0.2, 0) is 18.2 Å². The van der Waals surface area contributed by atoms with E-state index in [9.17, 15) is 4.79 Å². The summed E-state index contributed by atoms with van der Waals surface area (Å²) in [5.41, 5.74) is 1.83. The van der Waals surface area contributed by atoms with Gasteiger partial charge in [0.15, 0.2) is 28.2 Å². The summed E-state index contributed by atoms with van der Waals surface area (Å²) >= 11 is 0. The van der Waals surface area contributed by atoms with E-state index < -0.39 is 28.9 Å². The first-order valence-corrected chi connectivity index (χ1v) is 18.4. The van der Waals surface area contributed by atoms with Gasteiger partial charge in [-0.25, -0.2) is 9.97 Å². The molecule has 1 N–H and O–H groups in total. The molecule has 3 aromatic rings. The largest absolute Gasteiger partial charge is 0.408 e. The Hall–Kier alpha value is -2.71. The third kappa shape index (κ3) is 7.03. The molecule has 0 bridgehead atoms. The normalized spacial score (nSPS) is 22.0. The number of fused-ring (bicyclic) bond motifs is 1. The zero-order chi connectivity index (χ0) is 29.8. The number of carbonyl (C=O) groups excluding carboxylic acids is 1. The van der Waals surface area contributed by atoms with Crippen molar-refractivity contribution in [3.05, 3.63) is 60.2 Å². The third-order valence-electron chi connectivity index (χ3n) is 7.72. The van der Waals surface area contributed by atoms with E-state index in [2.05, 4.69) is 62.1 Å². The number of nitriles is 1. The molecular formula is C29H40N5O5PSi. The van der Waals surface area contributed by atoms with Crippen molar-refractivity contribution in [3.8, 4) is 6.07 Å². The lowest BCUT2D eigenvalue weighted by Crippen LogP contribution is -2.48. The number of ether oxygens (including phenoxy) is 1. The third-order valence-corrected chi connectivity index (χ3v) is 13.3. The van der Waals surface area contributed by atoms with Crippen molar-refractivity contribution in [2.45, 2.75) is 83.1 Å². The predicted octanol–water partition coefficient (Wildman–Crippen LogP) is 6.48. The van der Waals surface area contributed by atoms with Crippen molar-refractivity contribution in [2.24, 2.45) is 0 Å². The molecule has 5 atom stereocenters. The molecule has 12 heteroatoms. The topological polar surface area (TPSA) is 120 Å². The highest BCUT2D eigenvalue weighted by Crippen LogP contribution is 2.48. The van der Waals surface area contributed by atoms with Crippen molar-refractivity contribution < 1.29 is 23.0 Å². The zero-order valence-corrected chi connectivity index (χ0v) is 26.7. The molecule has 0 aliphatic carbocycles. The minimum Gasteiger partial charge on any atom is -0.408 e. The molecule has 2 unspecified atom stereocenters. The summed E-state index contributed by atoms with van der Waals surface area (Å²) in [5, 5.41) is 11.8. The first-order valence-electron chi connectivity index (χ1n) is 13.9. The number of benzene rings is 1. The summed E-state index contributed by atoms with van der Waals surface area (Å²) < 4.78 is 27.9. The van der Waals surface area contributed by atoms with Gasteiger partial charge >= 0.3 is 0 Å². The van der Waals surface area contributed by atoms with Gasteiger partial charge in [-0.1, -0.05) is 45.9 Å². The maximum absolute atomic E-state index is 12.9. The fraction of sp³-hybridized carbons (Fsp3) is 0.517. The Kier molecular flexibility index (Phi) is 9.96. The smallest absolute Gasteiger partial charge is 0.256 e. The fourth-order valence-electron chi connectivity index (χ4n) is 4.50. The Morgan fingerprint density at radius 3 is 2.61 bits per heavy atom. The first kappa shape index (κ1) is 31.2. The molecule has 41 heavy (non-hydrogen) atoms. The molecule has 0 spiro atoms. The molecule has 0 saturated carbocycles. The zero-order valence-electron chi connectivity index (χ0n) is 24.8. The van der Waals surface area contributed by atoms with Gasteiger partial charge in [-0.15, -0.1) is 0 Å². The Morgan fingerprint density at radius 2 is 1.95 bits per heavy atom. The van der Waals surface area contributed by atoms with Crippen molar-refractivity contribution in [1.82, 2.24) is 14.4 Å². The van der Waals surface area contributed by atoms with Crippen molar-refractivity contribution in [2.75, 3.05) is 18.6 Å². The molecule has 1 aliphatic rings. The molecule has 1 aromatic carbocycles. The second-order valence-corrected chi connectivity index (χ2v) is 17.7. The number of anilines is 1. The lowest BCUT2D eigenvalue weighted by atomic mass is 10.0.